The number of likely N-dealkylation sites (N-methyl/N-ethyl adjacent to an activating group) is 1. The molecule has 2 saturated heterocycles. The molecule has 2 fully saturated rings. The van der Waals surface area contributed by atoms with Gasteiger partial charge in [0.1, 0.15) is 23.1 Å². The maximum absolute atomic E-state index is 14.1. The van der Waals surface area contributed by atoms with E-state index in [1.54, 1.807) is 9.80 Å². The van der Waals surface area contributed by atoms with E-state index in [1.807, 2.05) is 55.5 Å². The van der Waals surface area contributed by atoms with Crippen LogP contribution in [0.3, 0.4) is 0 Å². The average Bonchev–Trinajstić information content (AvgIpc) is 3.11. The normalized spacial score (nSPS) is 24.9. The van der Waals surface area contributed by atoms with E-state index in [0.717, 1.165) is 61.3 Å². The van der Waals surface area contributed by atoms with Crippen molar-refractivity contribution in [1.82, 2.24) is 30.7 Å². The average molecular weight is 679 g/mol. The van der Waals surface area contributed by atoms with Crippen LogP contribution in [0.5, 0.6) is 5.75 Å². The van der Waals surface area contributed by atoms with E-state index >= 15 is 0 Å². The summed E-state index contributed by atoms with van der Waals surface area (Å²) in [6.45, 7) is 9.29. The molecule has 3 heterocycles. The second-order valence-electron chi connectivity index (χ2n) is 13.1. The van der Waals surface area contributed by atoms with E-state index in [-0.39, 0.29) is 24.3 Å². The molecule has 0 spiro atoms. The minimum atomic E-state index is -1.29. The number of nitrogens with zero attached hydrogens (tertiary/aromatic N) is 3. The highest BCUT2D eigenvalue weighted by molar-refractivity contribution is 7.82. The van der Waals surface area contributed by atoms with Crippen LogP contribution in [0.2, 0.25) is 0 Å². The molecule has 3 N–H and O–H groups in total. The standard InChI is InChI=1S/C36H50N6O5S/c1-3-40-17-19-41(20-18-40)36(46)39-31-32(48)35(45)42-16-7-10-27(24-42)15-21-47-29-13-11-25(2)28(22-29)23-37-33(43)30(38-34(31)44)14-12-26-8-5-4-6-9-26/h4-6,8-9,11,13,22,27,30-32,48H,3,7,10,12,14-21,23-24H2,1-2H3,(H,37,43)(H,38,44)(H,39,46)/t27?,30-,31-,32?/m0/s1. The van der Waals surface area contributed by atoms with Crippen LogP contribution >= 0.6 is 12.6 Å². The molecular weight excluding hydrogens is 629 g/mol. The van der Waals surface area contributed by atoms with Crippen molar-refractivity contribution >= 4 is 36.4 Å². The van der Waals surface area contributed by atoms with Crippen molar-refractivity contribution in [1.29, 1.82) is 0 Å². The Morgan fingerprint density at radius 3 is 2.52 bits per heavy atom. The molecule has 4 atom stereocenters. The van der Waals surface area contributed by atoms with E-state index in [2.05, 4.69) is 27.8 Å². The number of benzene rings is 2. The second kappa shape index (κ2) is 17.1. The number of rotatable bonds is 5. The molecule has 260 valence electrons. The van der Waals surface area contributed by atoms with Crippen molar-refractivity contribution in [3.05, 3.63) is 65.2 Å². The minimum Gasteiger partial charge on any atom is -0.494 e. The lowest BCUT2D eigenvalue weighted by Gasteiger charge is -2.37. The Hall–Kier alpha value is -3.77. The molecule has 4 bridgehead atoms. The predicted molar refractivity (Wildman–Crippen MR) is 188 cm³/mol. The van der Waals surface area contributed by atoms with Crippen LogP contribution < -0.4 is 20.7 Å². The van der Waals surface area contributed by atoms with E-state index in [1.165, 1.54) is 0 Å². The summed E-state index contributed by atoms with van der Waals surface area (Å²) in [5.74, 6) is -0.305. The van der Waals surface area contributed by atoms with Crippen molar-refractivity contribution in [2.24, 2.45) is 5.92 Å². The zero-order chi connectivity index (χ0) is 34.0. The quantitative estimate of drug-likeness (QED) is 0.361. The summed E-state index contributed by atoms with van der Waals surface area (Å²) in [6, 6.07) is 13.0. The van der Waals surface area contributed by atoms with Gasteiger partial charge in [-0.25, -0.2) is 4.79 Å². The van der Waals surface area contributed by atoms with Crippen LogP contribution in [0.25, 0.3) is 0 Å². The largest absolute Gasteiger partial charge is 0.494 e. The van der Waals surface area contributed by atoms with Gasteiger partial charge in [0.25, 0.3) is 0 Å². The highest BCUT2D eigenvalue weighted by Crippen LogP contribution is 2.24. The number of piperidine rings is 1. The third-order valence-corrected chi connectivity index (χ3v) is 10.4. The molecule has 12 heteroatoms. The molecule has 2 unspecified atom stereocenters. The van der Waals surface area contributed by atoms with Crippen LogP contribution in [0.1, 0.15) is 49.3 Å². The molecule has 0 aliphatic carbocycles. The Balaban J connectivity index is 1.42. The molecule has 5 rings (SSSR count). The molecule has 2 aromatic rings. The highest BCUT2D eigenvalue weighted by atomic mass is 32.1. The number of nitrogens with one attached hydrogen (secondary N) is 3. The minimum absolute atomic E-state index is 0.241. The van der Waals surface area contributed by atoms with Gasteiger partial charge in [0.05, 0.1) is 6.61 Å². The predicted octanol–water partition coefficient (Wildman–Crippen LogP) is 2.76. The molecule has 0 radical (unpaired) electrons. The monoisotopic (exact) mass is 678 g/mol. The van der Waals surface area contributed by atoms with Crippen molar-refractivity contribution < 1.29 is 23.9 Å². The molecule has 0 saturated carbocycles. The smallest absolute Gasteiger partial charge is 0.318 e. The third kappa shape index (κ3) is 9.43. The number of carbonyl (C=O) groups excluding carboxylic acids is 4. The van der Waals surface area contributed by atoms with Gasteiger partial charge in [-0.15, -0.1) is 0 Å². The first kappa shape index (κ1) is 35.5. The van der Waals surface area contributed by atoms with Gasteiger partial charge in [0.15, 0.2) is 0 Å². The lowest BCUT2D eigenvalue weighted by Crippen LogP contribution is -2.62. The lowest BCUT2D eigenvalue weighted by atomic mass is 9.94. The topological polar surface area (TPSA) is 123 Å². The van der Waals surface area contributed by atoms with Gasteiger partial charge < -0.3 is 35.4 Å². The van der Waals surface area contributed by atoms with Crippen LogP contribution in [-0.4, -0.2) is 108 Å². The molecular formula is C36H50N6O5S. The summed E-state index contributed by atoms with van der Waals surface area (Å²) < 4.78 is 6.12. The number of carbonyl (C=O) groups is 4. The molecule has 2 aromatic carbocycles. The summed E-state index contributed by atoms with van der Waals surface area (Å²) in [6.07, 6.45) is 3.44. The Morgan fingerprint density at radius 2 is 1.77 bits per heavy atom. The van der Waals surface area contributed by atoms with E-state index in [9.17, 15) is 19.2 Å². The number of urea groups is 1. The van der Waals surface area contributed by atoms with Crippen molar-refractivity contribution in [2.75, 3.05) is 52.4 Å². The van der Waals surface area contributed by atoms with Gasteiger partial charge >= 0.3 is 6.03 Å². The lowest BCUT2D eigenvalue weighted by molar-refractivity contribution is -0.136. The van der Waals surface area contributed by atoms with Crippen LogP contribution in [0.15, 0.2) is 48.5 Å². The van der Waals surface area contributed by atoms with Crippen LogP contribution in [0, 0.1) is 12.8 Å². The Labute approximate surface area is 289 Å². The number of piperazine rings is 1. The second-order valence-corrected chi connectivity index (χ2v) is 13.7. The van der Waals surface area contributed by atoms with Crippen molar-refractivity contribution in [3.8, 4) is 5.75 Å². The molecule has 0 aromatic heterocycles. The molecule has 3 aliphatic rings. The van der Waals surface area contributed by atoms with Gasteiger partial charge in [-0.3, -0.25) is 14.4 Å². The van der Waals surface area contributed by atoms with E-state index in [0.29, 0.717) is 45.6 Å². The summed E-state index contributed by atoms with van der Waals surface area (Å²) in [5, 5.41) is 7.62. The fraction of sp³-hybridized carbons (Fsp3) is 0.556. The zero-order valence-electron chi connectivity index (χ0n) is 28.2. The number of ether oxygens (including phenoxy) is 1. The summed E-state index contributed by atoms with van der Waals surface area (Å²) >= 11 is 4.70. The summed E-state index contributed by atoms with van der Waals surface area (Å²) in [7, 11) is 0. The first-order chi connectivity index (χ1) is 23.2. The van der Waals surface area contributed by atoms with Gasteiger partial charge in [0, 0.05) is 45.8 Å². The zero-order valence-corrected chi connectivity index (χ0v) is 29.1. The maximum Gasteiger partial charge on any atom is 0.318 e. The van der Waals surface area contributed by atoms with E-state index < -0.39 is 29.3 Å². The van der Waals surface area contributed by atoms with Gasteiger partial charge in [-0.1, -0.05) is 43.3 Å². The summed E-state index contributed by atoms with van der Waals surface area (Å²) in [5.41, 5.74) is 2.97. The Bertz CT molecular complexity index is 1420. The summed E-state index contributed by atoms with van der Waals surface area (Å²) in [4.78, 5) is 61.1. The van der Waals surface area contributed by atoms with Gasteiger partial charge in [-0.05, 0) is 80.3 Å². The number of amides is 5. The van der Waals surface area contributed by atoms with Gasteiger partial charge in [-0.2, -0.15) is 12.6 Å². The molecule has 3 aliphatic heterocycles. The van der Waals surface area contributed by atoms with Crippen LogP contribution in [0.4, 0.5) is 4.79 Å². The Kier molecular flexibility index (Phi) is 12.6. The first-order valence-corrected chi connectivity index (χ1v) is 17.8. The van der Waals surface area contributed by atoms with Gasteiger partial charge in [0.2, 0.25) is 17.7 Å². The highest BCUT2D eigenvalue weighted by Gasteiger charge is 2.39. The number of aryl methyl sites for hydroxylation is 2. The molecule has 11 nitrogen and oxygen atoms in total. The fourth-order valence-corrected chi connectivity index (χ4v) is 7.05. The number of thiol groups is 1. The SMILES string of the molecule is CCN1CCN(C(=O)N[C@@H]2C(=O)N[C@@H](CCc3ccccc3)C(=O)NCc3cc(ccc3C)OCCC3CCCN(C3)C(=O)C2S)CC1. The number of hydrogen-bond donors (Lipinski definition) is 4. The van der Waals surface area contributed by atoms with Crippen LogP contribution in [-0.2, 0) is 27.3 Å². The number of hydrogen-bond acceptors (Lipinski definition) is 7. The van der Waals surface area contributed by atoms with Crippen molar-refractivity contribution in [2.45, 2.75) is 69.8 Å². The molecule has 5 amide bonds. The number of fused-ring (bicyclic) bond motifs is 4. The maximum atomic E-state index is 14.1. The molecule has 48 heavy (non-hydrogen) atoms. The Morgan fingerprint density at radius 1 is 1.00 bits per heavy atom. The van der Waals surface area contributed by atoms with E-state index in [4.69, 9.17) is 17.4 Å². The third-order valence-electron chi connectivity index (χ3n) is 9.83. The fourth-order valence-electron chi connectivity index (χ4n) is 6.67. The van der Waals surface area contributed by atoms with Crippen molar-refractivity contribution in [3.63, 3.8) is 0 Å². The first-order valence-electron chi connectivity index (χ1n) is 17.3.